The number of nitro groups is 2. The fourth-order valence-corrected chi connectivity index (χ4v) is 18.5. The molecule has 8 N–H and O–H groups in total. The molecule has 9 fully saturated rings. The lowest BCUT2D eigenvalue weighted by molar-refractivity contribution is -0.387. The van der Waals surface area contributed by atoms with Gasteiger partial charge in [-0.25, -0.2) is 24.9 Å². The quantitative estimate of drug-likeness (QED) is 0.0102. The van der Waals surface area contributed by atoms with Gasteiger partial charge in [0, 0.05) is 142 Å². The molecule has 0 spiro atoms. The fourth-order valence-electron chi connectivity index (χ4n) is 16.9. The molecule has 0 amide bonds. The van der Waals surface area contributed by atoms with Crippen LogP contribution in [0.5, 0.6) is 0 Å². The van der Waals surface area contributed by atoms with Crippen LogP contribution in [0.25, 0.3) is 44.4 Å². The normalized spacial score (nSPS) is 17.3. The summed E-state index contributed by atoms with van der Waals surface area (Å²) in [6.45, 7) is 30.5. The highest BCUT2D eigenvalue weighted by molar-refractivity contribution is 9.11. The van der Waals surface area contributed by atoms with Crippen LogP contribution in [0.15, 0.2) is 208 Å². The number of nitrogens with zero attached hydrogens (tertiary/aromatic N) is 18. The number of anilines is 9. The first-order valence-corrected chi connectivity index (χ1v) is 54.0. The van der Waals surface area contributed by atoms with Crippen LogP contribution in [0.4, 0.5) is 67.7 Å². The van der Waals surface area contributed by atoms with Gasteiger partial charge in [0.2, 0.25) is 17.7 Å². The largest absolute Gasteiger partial charge is 0.494 e. The number of halogens is 6. The van der Waals surface area contributed by atoms with Crippen LogP contribution in [0.3, 0.4) is 0 Å². The average molecular weight is 2270 g/mol. The number of nitrogen functional groups attached to an aromatic ring is 1. The minimum absolute atomic E-state index is 0.138. The van der Waals surface area contributed by atoms with Crippen molar-refractivity contribution in [1.82, 2.24) is 48.6 Å². The van der Waals surface area contributed by atoms with Gasteiger partial charge >= 0.3 is 12.8 Å². The molecule has 10 heterocycles. The summed E-state index contributed by atoms with van der Waals surface area (Å²) < 4.78 is 46.6. The van der Waals surface area contributed by atoms with Gasteiger partial charge in [0.1, 0.15) is 39.9 Å². The smallest absolute Gasteiger partial charge is 0.399 e. The van der Waals surface area contributed by atoms with Crippen molar-refractivity contribution in [1.29, 1.82) is 0 Å². The van der Waals surface area contributed by atoms with Gasteiger partial charge in [-0.2, -0.15) is 34.8 Å². The summed E-state index contributed by atoms with van der Waals surface area (Å²) >= 11 is 19.4. The Morgan fingerprint density at radius 3 is 1.30 bits per heavy atom. The van der Waals surface area contributed by atoms with E-state index in [0.29, 0.717) is 65.4 Å². The van der Waals surface area contributed by atoms with Crippen molar-refractivity contribution in [2.45, 2.75) is 183 Å². The van der Waals surface area contributed by atoms with E-state index in [1.807, 2.05) is 62.4 Å². The number of hydrogen-bond acceptors (Lipinski definition) is 27. The molecular weight excluding hydrogens is 2150 g/mol. The highest BCUT2D eigenvalue weighted by Crippen LogP contribution is 2.42. The number of imidazole rings is 3. The van der Waals surface area contributed by atoms with Gasteiger partial charge in [0.15, 0.2) is 0 Å². The maximum Gasteiger partial charge on any atom is 0.494 e. The molecule has 3 saturated heterocycles. The maximum absolute atomic E-state index is 12.6. The van der Waals surface area contributed by atoms with E-state index in [1.54, 1.807) is 18.2 Å². The van der Waals surface area contributed by atoms with Gasteiger partial charge in [-0.3, -0.25) is 20.2 Å². The fraction of sp³-hybridized carbons (Fsp3) is 0.417. The van der Waals surface area contributed by atoms with E-state index in [-0.39, 0.29) is 28.9 Å². The third-order valence-electron chi connectivity index (χ3n) is 27.4. The number of hydrogen-bond donors (Lipinski definition) is 6. The lowest BCUT2D eigenvalue weighted by atomic mass is 9.79. The van der Waals surface area contributed by atoms with E-state index in [9.17, 15) is 24.6 Å². The Bertz CT molecular complexity index is 7000. The number of fused-ring (bicyclic) bond motifs is 3. The molecule has 0 radical (unpaired) electrons. The molecule has 24 rings (SSSR count). The topological polar surface area (TPSA) is 384 Å². The summed E-state index contributed by atoms with van der Waals surface area (Å²) in [5, 5.41) is 51.3. The van der Waals surface area contributed by atoms with Gasteiger partial charge in [0.25, 0.3) is 5.69 Å². The molecule has 147 heavy (non-hydrogen) atoms. The van der Waals surface area contributed by atoms with E-state index in [4.69, 9.17) is 61.8 Å². The van der Waals surface area contributed by atoms with Gasteiger partial charge in [-0.1, -0.05) is 112 Å². The molecule has 13 aromatic rings. The van der Waals surface area contributed by atoms with Crippen molar-refractivity contribution in [3.8, 4) is 11.3 Å². The summed E-state index contributed by atoms with van der Waals surface area (Å²) in [7, 11) is -0.311. The number of rotatable bonds is 25. The zero-order chi connectivity index (χ0) is 103. The van der Waals surface area contributed by atoms with Crippen LogP contribution in [0.1, 0.15) is 160 Å². The number of nitrogens with one attached hydrogen (secondary N) is 4. The molecular formula is C108H125BBr4ClFN24O8. The van der Waals surface area contributed by atoms with Crippen LogP contribution in [0.2, 0.25) is 5.15 Å². The summed E-state index contributed by atoms with van der Waals surface area (Å²) in [4.78, 5) is 56.9. The lowest BCUT2D eigenvalue weighted by Gasteiger charge is -2.32. The minimum Gasteiger partial charge on any atom is -0.399 e. The number of nitro benzene ring substituents is 2. The second kappa shape index (κ2) is 48.4. The predicted octanol–water partition coefficient (Wildman–Crippen LogP) is 24.1. The van der Waals surface area contributed by atoms with Crippen molar-refractivity contribution in [2.24, 2.45) is 61.6 Å². The molecule has 0 atom stereocenters. The average Bonchev–Trinajstić information content (AvgIpc) is 1.61. The molecule has 770 valence electrons. The standard InChI is InChI=1S/C30H32N8O.C18H25BN2O2.C18H19ClN6O.C12H13BrN2.C10H11BrN2O2.C10H13BrN2.C6H3BrFNO2.C4H9N/c1-19-15-27(36-35-19)22-5-8-24(9-6-22)32-29-17-26(33-30(34-29)37-11-13-39-14-12-37)23-7-10-25-28(16-23)38(20(2)31-25)18-21-3-4-21;1-12-20-15-9-8-14(10-16(15)21(12)11-13-6-7-13)19-22-17(2,3)18(4,5)23-19;1-12-10-15(24-23-12)13-2-4-14(5-3-13)20-17-11-16(19)21-18(22-17)25-6-8-26-9-7-25;1-8-14-11-5-4-10(13)6-12(11)15(8)7-9-2-3-9;11-8-3-4-10(13(14)15)9(5-8)12-6-7-1-2-7;11-8-3-4-9(12)10(5-8)13-6-7-1-2-7;7-4-1-2-6(9(10)11)5(8)3-4;5-3-4-1-2-4/h5-10,16-17,21H,3-4,11-15,18H2,1-2H3,(H,32,33,34);8-10,13H,6-7,11H2,1-5H3;2-5,11H,6-10H2,1H3,(H,20,21,22);4-6,9H,2-3,7H2,1H3;3-5,7,12H,1-2,6H2;3-5,7,13H,1-2,6,12H2;1-3H;4H,1-3,5H2. The Kier molecular flexibility index (Phi) is 35.1. The van der Waals surface area contributed by atoms with Crippen molar-refractivity contribution < 1.29 is 33.0 Å². The molecule has 0 unspecified atom stereocenters. The third kappa shape index (κ3) is 29.8. The van der Waals surface area contributed by atoms with E-state index in [0.717, 1.165) is 247 Å². The monoisotopic (exact) mass is 2270 g/mol. The Balaban J connectivity index is 0.000000121. The molecule has 8 aromatic carbocycles. The molecule has 6 saturated carbocycles. The van der Waals surface area contributed by atoms with E-state index < -0.39 is 16.4 Å². The number of aromatic nitrogens is 10. The van der Waals surface area contributed by atoms with Crippen LogP contribution in [-0.2, 0) is 38.4 Å². The molecule has 39 heteroatoms. The summed E-state index contributed by atoms with van der Waals surface area (Å²) in [5.41, 5.74) is 30.5. The van der Waals surface area contributed by atoms with Crippen LogP contribution in [-0.4, -0.2) is 172 Å². The molecule has 5 aromatic heterocycles. The number of ether oxygens (including phenoxy) is 2. The maximum atomic E-state index is 12.6. The molecule has 32 nitrogen and oxygen atoms in total. The van der Waals surface area contributed by atoms with Crippen molar-refractivity contribution >= 4 is 207 Å². The SMILES string of the molecule is CC1=NN=C(c2ccc(Nc3cc(-c4ccc5nc(C)n(CC6CC6)c5c4)nc(N4CCOCC4)n3)cc2)C1.CC1=NN=C(c2ccc(Nc3cc(Cl)nc(N4CCOCC4)n3)cc2)C1.Cc1nc2ccc(B3OC(C)(C)C(C)(C)O3)cc2n1CC1CC1.Cc1nc2ccc(Br)cc2n1CC1CC1.NCC1CC1.Nc1ccc(Br)cc1NCC1CC1.O=[N+]([O-])c1ccc(Br)cc1F.O=[N+]([O-])c1ccc(Br)cc1NCC1CC1. The summed E-state index contributed by atoms with van der Waals surface area (Å²) in [6, 6.07) is 53.6. The first kappa shape index (κ1) is 107. The van der Waals surface area contributed by atoms with Crippen molar-refractivity contribution in [3.05, 3.63) is 248 Å². The van der Waals surface area contributed by atoms with E-state index in [1.165, 1.54) is 106 Å². The van der Waals surface area contributed by atoms with Gasteiger partial charge in [-0.05, 0) is 307 Å². The minimum atomic E-state index is -0.829. The summed E-state index contributed by atoms with van der Waals surface area (Å²) in [5.74, 6) is 10.2. The summed E-state index contributed by atoms with van der Waals surface area (Å²) in [6.07, 6.45) is 17.6. The highest BCUT2D eigenvalue weighted by Gasteiger charge is 2.52. The van der Waals surface area contributed by atoms with Gasteiger partial charge in [0.05, 0.1) is 109 Å². The van der Waals surface area contributed by atoms with Crippen molar-refractivity contribution in [3.63, 3.8) is 0 Å². The molecule has 5 aliphatic heterocycles. The second-order valence-corrected chi connectivity index (χ2v) is 44.2. The first-order chi connectivity index (χ1) is 70.7. The zero-order valence-corrected chi connectivity index (χ0v) is 91.3. The van der Waals surface area contributed by atoms with Gasteiger partial charge < -0.3 is 75.0 Å². The predicted molar refractivity (Wildman–Crippen MR) is 601 cm³/mol. The zero-order valence-electron chi connectivity index (χ0n) is 84.2. The molecule has 11 aliphatic rings. The highest BCUT2D eigenvalue weighted by atomic mass is 79.9. The Morgan fingerprint density at radius 2 is 0.850 bits per heavy atom. The second-order valence-electron chi connectivity index (χ2n) is 40.2. The number of morpholine rings is 2. The number of nitrogens with two attached hydrogens (primary N) is 2. The molecule has 6 aliphatic carbocycles. The molecule has 0 bridgehead atoms. The number of aryl methyl sites for hydroxylation is 3. The first-order valence-electron chi connectivity index (χ1n) is 50.5. The Morgan fingerprint density at radius 1 is 0.449 bits per heavy atom. The Labute approximate surface area is 894 Å². The van der Waals surface area contributed by atoms with Crippen molar-refractivity contribution in [2.75, 3.05) is 109 Å². The van der Waals surface area contributed by atoms with E-state index >= 15 is 0 Å². The van der Waals surface area contributed by atoms with Gasteiger partial charge in [-0.15, -0.1) is 0 Å². The number of benzene rings is 8. The Hall–Kier alpha value is -11.6. The van der Waals surface area contributed by atoms with E-state index in [2.05, 4.69) is 271 Å². The third-order valence-corrected chi connectivity index (χ3v) is 29.6. The van der Waals surface area contributed by atoms with Crippen LogP contribution < -0.4 is 48.0 Å². The lowest BCUT2D eigenvalue weighted by Crippen LogP contribution is -2.41. The van der Waals surface area contributed by atoms with Crippen LogP contribution in [0, 0.1) is 82.3 Å². The van der Waals surface area contributed by atoms with Crippen LogP contribution >= 0.6 is 75.3 Å².